The van der Waals surface area contributed by atoms with Crippen LogP contribution in [0.2, 0.25) is 0 Å². The molecule has 2 rings (SSSR count). The van der Waals surface area contributed by atoms with Gasteiger partial charge < -0.3 is 14.8 Å². The number of ether oxygens (including phenoxy) is 2. The van der Waals surface area contributed by atoms with Crippen molar-refractivity contribution >= 4 is 17.6 Å². The molecule has 0 aliphatic rings. The number of hydrogen-bond donors (Lipinski definition) is 1. The first-order valence-electron chi connectivity index (χ1n) is 7.13. The fourth-order valence-corrected chi connectivity index (χ4v) is 1.88. The number of hydrogen-bond acceptors (Lipinski definition) is 5. The van der Waals surface area contributed by atoms with Gasteiger partial charge in [-0.1, -0.05) is 18.2 Å². The number of methoxy groups -OCH3 is 1. The Morgan fingerprint density at radius 3 is 2.43 bits per heavy atom. The molecule has 0 atom stereocenters. The number of rotatable bonds is 5. The van der Waals surface area contributed by atoms with Gasteiger partial charge in [-0.05, 0) is 38.1 Å². The maximum atomic E-state index is 12.3. The number of benzene rings is 1. The van der Waals surface area contributed by atoms with Crippen molar-refractivity contribution < 1.29 is 19.1 Å². The van der Waals surface area contributed by atoms with Gasteiger partial charge in [0.1, 0.15) is 17.1 Å². The third-order valence-corrected chi connectivity index (χ3v) is 2.89. The van der Waals surface area contributed by atoms with Crippen molar-refractivity contribution in [3.63, 3.8) is 0 Å². The van der Waals surface area contributed by atoms with E-state index in [1.165, 1.54) is 19.2 Å². The molecule has 120 valence electrons. The Morgan fingerprint density at radius 1 is 1.04 bits per heavy atom. The fraction of sp³-hybridized carbons (Fsp3) is 0.235. The molecule has 0 spiro atoms. The molecule has 0 aliphatic carbocycles. The summed E-state index contributed by atoms with van der Waals surface area (Å²) in [7, 11) is 1.52. The van der Waals surface area contributed by atoms with Crippen LogP contribution in [0.25, 0.3) is 0 Å². The van der Waals surface area contributed by atoms with Crippen LogP contribution in [0.3, 0.4) is 0 Å². The maximum Gasteiger partial charge on any atom is 0.357 e. The molecule has 0 fully saturated rings. The van der Waals surface area contributed by atoms with Crippen LogP contribution in [0, 0.1) is 0 Å². The Kier molecular flexibility index (Phi) is 5.30. The van der Waals surface area contributed by atoms with Gasteiger partial charge in [-0.25, -0.2) is 9.78 Å². The highest BCUT2D eigenvalue weighted by Gasteiger charge is 2.15. The minimum atomic E-state index is -0.563. The molecule has 0 unspecified atom stereocenters. The summed E-state index contributed by atoms with van der Waals surface area (Å²) in [5, 5.41) is 2.71. The largest absolute Gasteiger partial charge is 0.495 e. The SMILES string of the molecule is COc1ccccc1NC(=O)c1cccc(C(=O)OC(C)C)n1. The lowest BCUT2D eigenvalue weighted by atomic mass is 10.2. The van der Waals surface area contributed by atoms with Crippen LogP contribution in [0.4, 0.5) is 5.69 Å². The van der Waals surface area contributed by atoms with Crippen molar-refractivity contribution in [2.45, 2.75) is 20.0 Å². The number of anilines is 1. The van der Waals surface area contributed by atoms with Gasteiger partial charge in [0.05, 0.1) is 18.9 Å². The molecule has 6 heteroatoms. The summed E-state index contributed by atoms with van der Waals surface area (Å²) in [6.07, 6.45) is -0.254. The van der Waals surface area contributed by atoms with Gasteiger partial charge in [0.15, 0.2) is 0 Å². The van der Waals surface area contributed by atoms with Gasteiger partial charge in [0.2, 0.25) is 0 Å². The molecule has 1 heterocycles. The number of pyridine rings is 1. The number of carbonyl (C=O) groups is 2. The van der Waals surface area contributed by atoms with Crippen molar-refractivity contribution in [1.29, 1.82) is 0 Å². The standard InChI is InChI=1S/C17H18N2O4/c1-11(2)23-17(21)14-9-6-8-13(18-14)16(20)19-12-7-4-5-10-15(12)22-3/h4-11H,1-3H3,(H,19,20). The van der Waals surface area contributed by atoms with E-state index >= 15 is 0 Å². The quantitative estimate of drug-likeness (QED) is 0.859. The lowest BCUT2D eigenvalue weighted by molar-refractivity contribution is 0.0371. The number of nitrogens with zero attached hydrogens (tertiary/aromatic N) is 1. The minimum absolute atomic E-state index is 0.0892. The van der Waals surface area contributed by atoms with E-state index in [1.54, 1.807) is 44.2 Å². The number of para-hydroxylation sites is 2. The van der Waals surface area contributed by atoms with E-state index in [0.29, 0.717) is 11.4 Å². The molecule has 6 nitrogen and oxygen atoms in total. The second-order valence-corrected chi connectivity index (χ2v) is 5.02. The molecule has 0 saturated carbocycles. The molecule has 0 saturated heterocycles. The van der Waals surface area contributed by atoms with Crippen molar-refractivity contribution in [1.82, 2.24) is 4.98 Å². The van der Waals surface area contributed by atoms with Crippen LogP contribution in [-0.2, 0) is 4.74 Å². The van der Waals surface area contributed by atoms with Gasteiger partial charge in [0.25, 0.3) is 5.91 Å². The third-order valence-electron chi connectivity index (χ3n) is 2.89. The normalized spacial score (nSPS) is 10.3. The zero-order valence-electron chi connectivity index (χ0n) is 13.2. The van der Waals surface area contributed by atoms with E-state index in [1.807, 2.05) is 0 Å². The van der Waals surface area contributed by atoms with Crippen LogP contribution in [-0.4, -0.2) is 30.1 Å². The van der Waals surface area contributed by atoms with Gasteiger partial charge in [0, 0.05) is 0 Å². The first-order chi connectivity index (χ1) is 11.0. The summed E-state index contributed by atoms with van der Waals surface area (Å²) in [6, 6.07) is 11.6. The second kappa shape index (κ2) is 7.40. The Bertz CT molecular complexity index is 713. The average Bonchev–Trinajstić information content (AvgIpc) is 2.55. The van der Waals surface area contributed by atoms with E-state index < -0.39 is 11.9 Å². The Hall–Kier alpha value is -2.89. The predicted molar refractivity (Wildman–Crippen MR) is 85.7 cm³/mol. The van der Waals surface area contributed by atoms with Crippen molar-refractivity contribution in [3.05, 3.63) is 53.9 Å². The molecular formula is C17H18N2O4. The topological polar surface area (TPSA) is 77.5 Å². The summed E-state index contributed by atoms with van der Waals surface area (Å²) in [4.78, 5) is 28.2. The number of amides is 1. The number of carbonyl (C=O) groups excluding carboxylic acids is 2. The third kappa shape index (κ3) is 4.29. The predicted octanol–water partition coefficient (Wildman–Crippen LogP) is 2.91. The van der Waals surface area contributed by atoms with Crippen molar-refractivity contribution in [3.8, 4) is 5.75 Å². The molecule has 1 aromatic carbocycles. The van der Waals surface area contributed by atoms with E-state index in [-0.39, 0.29) is 17.5 Å². The monoisotopic (exact) mass is 314 g/mol. The molecular weight excluding hydrogens is 296 g/mol. The second-order valence-electron chi connectivity index (χ2n) is 5.02. The number of aromatic nitrogens is 1. The molecule has 2 aromatic rings. The number of esters is 1. The highest BCUT2D eigenvalue weighted by atomic mass is 16.5. The van der Waals surface area contributed by atoms with Crippen LogP contribution in [0.1, 0.15) is 34.8 Å². The summed E-state index contributed by atoms with van der Waals surface area (Å²) < 4.78 is 10.3. The molecule has 0 bridgehead atoms. The van der Waals surface area contributed by atoms with E-state index in [2.05, 4.69) is 10.3 Å². The highest BCUT2D eigenvalue weighted by molar-refractivity contribution is 6.04. The summed E-state index contributed by atoms with van der Waals surface area (Å²) in [5.74, 6) is -0.461. The van der Waals surface area contributed by atoms with Gasteiger partial charge in [-0.3, -0.25) is 4.79 Å². The lowest BCUT2D eigenvalue weighted by Crippen LogP contribution is -2.18. The first-order valence-corrected chi connectivity index (χ1v) is 7.13. The smallest absolute Gasteiger partial charge is 0.357 e. The van der Waals surface area contributed by atoms with Crippen LogP contribution >= 0.6 is 0 Å². The molecule has 0 radical (unpaired) electrons. The Labute approximate surface area is 134 Å². The zero-order valence-corrected chi connectivity index (χ0v) is 13.2. The van der Waals surface area contributed by atoms with Gasteiger partial charge >= 0.3 is 5.97 Å². The molecule has 0 aliphatic heterocycles. The first kappa shape index (κ1) is 16.5. The fourth-order valence-electron chi connectivity index (χ4n) is 1.88. The van der Waals surface area contributed by atoms with Crippen LogP contribution in [0.15, 0.2) is 42.5 Å². The van der Waals surface area contributed by atoms with Crippen molar-refractivity contribution in [2.75, 3.05) is 12.4 Å². The van der Waals surface area contributed by atoms with Crippen molar-refractivity contribution in [2.24, 2.45) is 0 Å². The minimum Gasteiger partial charge on any atom is -0.495 e. The van der Waals surface area contributed by atoms with Crippen LogP contribution < -0.4 is 10.1 Å². The molecule has 1 amide bonds. The van der Waals surface area contributed by atoms with Gasteiger partial charge in [-0.15, -0.1) is 0 Å². The maximum absolute atomic E-state index is 12.3. The summed E-state index contributed by atoms with van der Waals surface area (Å²) >= 11 is 0. The lowest BCUT2D eigenvalue weighted by Gasteiger charge is -2.10. The molecule has 23 heavy (non-hydrogen) atoms. The average molecular weight is 314 g/mol. The Balaban J connectivity index is 2.18. The number of nitrogens with one attached hydrogen (secondary N) is 1. The summed E-state index contributed by atoms with van der Waals surface area (Å²) in [6.45, 7) is 3.49. The molecule has 1 N–H and O–H groups in total. The van der Waals surface area contributed by atoms with E-state index in [0.717, 1.165) is 0 Å². The zero-order chi connectivity index (χ0) is 16.8. The summed E-state index contributed by atoms with van der Waals surface area (Å²) in [5.41, 5.74) is 0.734. The highest BCUT2D eigenvalue weighted by Crippen LogP contribution is 2.23. The van der Waals surface area contributed by atoms with Crippen LogP contribution in [0.5, 0.6) is 5.75 Å². The Morgan fingerprint density at radius 2 is 1.74 bits per heavy atom. The van der Waals surface area contributed by atoms with Gasteiger partial charge in [-0.2, -0.15) is 0 Å². The molecule has 1 aromatic heterocycles. The van der Waals surface area contributed by atoms with E-state index in [9.17, 15) is 9.59 Å². The van der Waals surface area contributed by atoms with E-state index in [4.69, 9.17) is 9.47 Å².